The molecule has 7 heteroatoms. The Labute approximate surface area is 154 Å². The number of morpholine rings is 1. The van der Waals surface area contributed by atoms with Crippen LogP contribution in [0, 0.1) is 0 Å². The first-order valence-corrected chi connectivity index (χ1v) is 8.61. The molecule has 2 atom stereocenters. The van der Waals surface area contributed by atoms with E-state index in [0.717, 1.165) is 24.9 Å². The number of ether oxygens (including phenoxy) is 1. The molecule has 1 aromatic carbocycles. The molecule has 2 aliphatic rings. The zero-order valence-corrected chi connectivity index (χ0v) is 15.3. The van der Waals surface area contributed by atoms with Gasteiger partial charge in [-0.25, -0.2) is 0 Å². The molecule has 138 valence electrons. The summed E-state index contributed by atoms with van der Waals surface area (Å²) in [6.45, 7) is 3.22. The van der Waals surface area contributed by atoms with E-state index in [9.17, 15) is 9.59 Å². The Hall–Kier alpha value is -1.63. The first-order valence-electron chi connectivity index (χ1n) is 8.61. The fourth-order valence-corrected chi connectivity index (χ4v) is 3.62. The molecule has 6 nitrogen and oxygen atoms in total. The van der Waals surface area contributed by atoms with Gasteiger partial charge in [-0.05, 0) is 18.4 Å². The number of hydrogen-bond donors (Lipinski definition) is 1. The van der Waals surface area contributed by atoms with Crippen molar-refractivity contribution in [1.82, 2.24) is 15.1 Å². The van der Waals surface area contributed by atoms with Crippen LogP contribution in [0.1, 0.15) is 24.4 Å². The van der Waals surface area contributed by atoms with Gasteiger partial charge in [0.25, 0.3) is 0 Å². The van der Waals surface area contributed by atoms with E-state index in [4.69, 9.17) is 4.74 Å². The summed E-state index contributed by atoms with van der Waals surface area (Å²) in [5.41, 5.74) is 0.929. The number of halogens is 1. The lowest BCUT2D eigenvalue weighted by Gasteiger charge is -2.35. The molecule has 2 saturated heterocycles. The third-order valence-corrected chi connectivity index (χ3v) is 4.84. The molecule has 25 heavy (non-hydrogen) atoms. The van der Waals surface area contributed by atoms with Crippen LogP contribution >= 0.6 is 12.4 Å². The van der Waals surface area contributed by atoms with Gasteiger partial charge in [0.05, 0.1) is 19.3 Å². The van der Waals surface area contributed by atoms with Crippen LogP contribution in [0.5, 0.6) is 0 Å². The minimum Gasteiger partial charge on any atom is -0.378 e. The number of carbonyl (C=O) groups excluding carboxylic acids is 2. The lowest BCUT2D eigenvalue weighted by atomic mass is 10.0. The van der Waals surface area contributed by atoms with E-state index in [1.54, 1.807) is 7.05 Å². The Balaban J connectivity index is 0.00000225. The molecule has 2 heterocycles. The predicted molar refractivity (Wildman–Crippen MR) is 97.6 cm³/mol. The van der Waals surface area contributed by atoms with Crippen LogP contribution in [0.15, 0.2) is 30.3 Å². The molecular weight excluding hydrogens is 342 g/mol. The smallest absolute Gasteiger partial charge is 0.241 e. The van der Waals surface area contributed by atoms with Gasteiger partial charge in [-0.15, -0.1) is 12.4 Å². The highest BCUT2D eigenvalue weighted by Crippen LogP contribution is 2.31. The average molecular weight is 368 g/mol. The number of hydrogen-bond acceptors (Lipinski definition) is 4. The van der Waals surface area contributed by atoms with Gasteiger partial charge in [-0.2, -0.15) is 0 Å². The van der Waals surface area contributed by atoms with E-state index in [-0.39, 0.29) is 30.3 Å². The number of nitrogens with zero attached hydrogens (tertiary/aromatic N) is 2. The monoisotopic (exact) mass is 367 g/mol. The Morgan fingerprint density at radius 2 is 1.84 bits per heavy atom. The number of likely N-dealkylation sites (tertiary alicyclic amines) is 1. The van der Waals surface area contributed by atoms with E-state index < -0.39 is 6.04 Å². The maximum atomic E-state index is 13.0. The highest BCUT2D eigenvalue weighted by atomic mass is 35.5. The SMILES string of the molecule is CNC(=O)[C@@H](c1ccccc1)N1CCC[C@H]1C(=O)N1CCOCC1.Cl. The second kappa shape index (κ2) is 9.17. The van der Waals surface area contributed by atoms with E-state index >= 15 is 0 Å². The molecule has 0 saturated carbocycles. The maximum Gasteiger partial charge on any atom is 0.241 e. The largest absolute Gasteiger partial charge is 0.378 e. The molecular formula is C18H26ClN3O3. The lowest BCUT2D eigenvalue weighted by Crippen LogP contribution is -2.52. The summed E-state index contributed by atoms with van der Waals surface area (Å²) in [6, 6.07) is 9.05. The minimum atomic E-state index is -0.423. The summed E-state index contributed by atoms with van der Waals surface area (Å²) in [7, 11) is 1.65. The van der Waals surface area contributed by atoms with Gasteiger partial charge in [-0.1, -0.05) is 30.3 Å². The van der Waals surface area contributed by atoms with Crippen LogP contribution in [-0.4, -0.2) is 67.6 Å². The number of nitrogens with one attached hydrogen (secondary N) is 1. The normalized spacial score (nSPS) is 22.1. The second-order valence-corrected chi connectivity index (χ2v) is 6.26. The first kappa shape index (κ1) is 19.7. The molecule has 2 fully saturated rings. The summed E-state index contributed by atoms with van der Waals surface area (Å²) in [5.74, 6) is 0.0588. The fourth-order valence-electron chi connectivity index (χ4n) is 3.62. The predicted octanol–water partition coefficient (Wildman–Crippen LogP) is 1.22. The molecule has 2 amide bonds. The highest BCUT2D eigenvalue weighted by molar-refractivity contribution is 5.86. The molecule has 0 spiro atoms. The summed E-state index contributed by atoms with van der Waals surface area (Å²) in [5, 5.41) is 2.75. The van der Waals surface area contributed by atoms with Crippen molar-refractivity contribution in [1.29, 1.82) is 0 Å². The third kappa shape index (κ3) is 4.32. The average Bonchev–Trinajstić information content (AvgIpc) is 3.12. The number of likely N-dealkylation sites (N-methyl/N-ethyl adjacent to an activating group) is 1. The Morgan fingerprint density at radius 3 is 2.48 bits per heavy atom. The van der Waals surface area contributed by atoms with E-state index in [2.05, 4.69) is 10.2 Å². The number of benzene rings is 1. The van der Waals surface area contributed by atoms with Crippen molar-refractivity contribution in [3.05, 3.63) is 35.9 Å². The van der Waals surface area contributed by atoms with Crippen LogP contribution in [0.2, 0.25) is 0 Å². The van der Waals surface area contributed by atoms with Gasteiger partial charge in [0.1, 0.15) is 6.04 Å². The van der Waals surface area contributed by atoms with Crippen LogP contribution in [0.25, 0.3) is 0 Å². The van der Waals surface area contributed by atoms with E-state index in [1.165, 1.54) is 0 Å². The van der Waals surface area contributed by atoms with Crippen LogP contribution in [-0.2, 0) is 14.3 Å². The lowest BCUT2D eigenvalue weighted by molar-refractivity contribution is -0.142. The molecule has 0 radical (unpaired) electrons. The molecule has 2 aliphatic heterocycles. The summed E-state index contributed by atoms with van der Waals surface area (Å²) >= 11 is 0. The molecule has 0 unspecified atom stereocenters. The van der Waals surface area contributed by atoms with Gasteiger partial charge >= 0.3 is 0 Å². The van der Waals surface area contributed by atoms with Crippen molar-refractivity contribution in [2.24, 2.45) is 0 Å². The first-order chi connectivity index (χ1) is 11.7. The number of rotatable bonds is 4. The third-order valence-electron chi connectivity index (χ3n) is 4.84. The Bertz CT molecular complexity index is 578. The number of amides is 2. The molecule has 1 N–H and O–H groups in total. The molecule has 0 aromatic heterocycles. The zero-order valence-electron chi connectivity index (χ0n) is 14.5. The van der Waals surface area contributed by atoms with Crippen molar-refractivity contribution in [2.45, 2.75) is 24.9 Å². The van der Waals surface area contributed by atoms with Crippen molar-refractivity contribution in [2.75, 3.05) is 39.9 Å². The van der Waals surface area contributed by atoms with Crippen LogP contribution in [0.3, 0.4) is 0 Å². The standard InChI is InChI=1S/C18H25N3O3.ClH/c1-19-17(22)16(14-6-3-2-4-7-14)21-9-5-8-15(21)18(23)20-10-12-24-13-11-20;/h2-4,6-7,15-16H,5,8-13H2,1H3,(H,19,22);1H/t15-,16+;/m0./s1. The highest BCUT2D eigenvalue weighted by Gasteiger charge is 2.40. The molecule has 0 aliphatic carbocycles. The van der Waals surface area contributed by atoms with Crippen molar-refractivity contribution in [3.63, 3.8) is 0 Å². The summed E-state index contributed by atoms with van der Waals surface area (Å²) in [4.78, 5) is 29.4. The summed E-state index contributed by atoms with van der Waals surface area (Å²) in [6.07, 6.45) is 1.73. The fraction of sp³-hybridized carbons (Fsp3) is 0.556. The molecule has 1 aromatic rings. The van der Waals surface area contributed by atoms with Crippen molar-refractivity contribution < 1.29 is 14.3 Å². The zero-order chi connectivity index (χ0) is 16.9. The van der Waals surface area contributed by atoms with Gasteiger partial charge in [-0.3, -0.25) is 14.5 Å². The van der Waals surface area contributed by atoms with E-state index in [1.807, 2.05) is 35.2 Å². The van der Waals surface area contributed by atoms with Crippen molar-refractivity contribution >= 4 is 24.2 Å². The Kier molecular flexibility index (Phi) is 7.23. The van der Waals surface area contributed by atoms with E-state index in [0.29, 0.717) is 26.3 Å². The maximum absolute atomic E-state index is 13.0. The molecule has 3 rings (SSSR count). The van der Waals surface area contributed by atoms with Crippen LogP contribution in [0.4, 0.5) is 0 Å². The quantitative estimate of drug-likeness (QED) is 0.869. The van der Waals surface area contributed by atoms with Gasteiger partial charge < -0.3 is 15.0 Å². The van der Waals surface area contributed by atoms with Gasteiger partial charge in [0.15, 0.2) is 0 Å². The molecule has 0 bridgehead atoms. The summed E-state index contributed by atoms with van der Waals surface area (Å²) < 4.78 is 5.34. The topological polar surface area (TPSA) is 61.9 Å². The van der Waals surface area contributed by atoms with Crippen LogP contribution < -0.4 is 5.32 Å². The van der Waals surface area contributed by atoms with Gasteiger partial charge in [0.2, 0.25) is 11.8 Å². The van der Waals surface area contributed by atoms with Crippen molar-refractivity contribution in [3.8, 4) is 0 Å². The Morgan fingerprint density at radius 1 is 1.16 bits per heavy atom. The number of carbonyl (C=O) groups is 2. The second-order valence-electron chi connectivity index (χ2n) is 6.26. The minimum absolute atomic E-state index is 0. The van der Waals surface area contributed by atoms with Gasteiger partial charge in [0, 0.05) is 26.7 Å².